The van der Waals surface area contributed by atoms with Crippen molar-refractivity contribution in [3.63, 3.8) is 0 Å². The fourth-order valence-corrected chi connectivity index (χ4v) is 1.07. The summed E-state index contributed by atoms with van der Waals surface area (Å²) in [6, 6.07) is -0.291. The van der Waals surface area contributed by atoms with Gasteiger partial charge in [-0.2, -0.15) is 0 Å². The summed E-state index contributed by atoms with van der Waals surface area (Å²) < 4.78 is 5.02. The minimum atomic E-state index is -0.291. The number of hydrogen-bond acceptors (Lipinski definition) is 3. The van der Waals surface area contributed by atoms with E-state index in [9.17, 15) is 4.79 Å². The molecule has 0 spiro atoms. The van der Waals surface area contributed by atoms with Crippen LogP contribution in [0, 0.1) is 0 Å². The molecule has 0 aromatic heterocycles. The lowest BCUT2D eigenvalue weighted by molar-refractivity contribution is -0.150. The second kappa shape index (κ2) is 4.42. The van der Waals surface area contributed by atoms with E-state index in [-0.39, 0.29) is 18.1 Å². The molecule has 1 radical (unpaired) electrons. The maximum atomic E-state index is 11.3. The van der Waals surface area contributed by atoms with Gasteiger partial charge in [0.15, 0.2) is 0 Å². The van der Waals surface area contributed by atoms with Gasteiger partial charge in [-0.1, -0.05) is 0 Å². The predicted molar refractivity (Wildman–Crippen MR) is 44.9 cm³/mol. The van der Waals surface area contributed by atoms with Crippen LogP contribution in [0.1, 0.15) is 13.8 Å². The molecular weight excluding hydrogens is 156 g/mol. The van der Waals surface area contributed by atoms with Crippen LogP contribution < -0.4 is 10.6 Å². The molecule has 0 aromatic rings. The lowest BCUT2D eigenvalue weighted by atomic mass is 10.2. The third-order valence-corrected chi connectivity index (χ3v) is 1.60. The van der Waals surface area contributed by atoms with Crippen LogP contribution in [0.3, 0.4) is 0 Å². The Morgan fingerprint density at radius 3 is 2.92 bits per heavy atom. The van der Waals surface area contributed by atoms with E-state index < -0.39 is 0 Å². The maximum Gasteiger partial charge on any atom is 0.326 e. The molecule has 1 aliphatic heterocycles. The zero-order valence-electron chi connectivity index (χ0n) is 7.54. The first kappa shape index (κ1) is 9.48. The number of carbonyl (C=O) groups is 1. The number of esters is 1. The normalized spacial score (nSPS) is 24.1. The molecule has 1 unspecified atom stereocenters. The van der Waals surface area contributed by atoms with E-state index in [2.05, 4.69) is 10.6 Å². The van der Waals surface area contributed by atoms with Crippen LogP contribution in [0.15, 0.2) is 0 Å². The molecule has 0 bridgehead atoms. The fraction of sp³-hybridized carbons (Fsp3) is 0.875. The van der Waals surface area contributed by atoms with Crippen LogP contribution in [0.5, 0.6) is 0 Å². The Morgan fingerprint density at radius 2 is 2.42 bits per heavy atom. The third-order valence-electron chi connectivity index (χ3n) is 1.60. The Morgan fingerprint density at radius 1 is 1.67 bits per heavy atom. The summed E-state index contributed by atoms with van der Waals surface area (Å²) >= 11 is 0. The molecule has 0 aliphatic carbocycles. The lowest BCUT2D eigenvalue weighted by Gasteiger charge is -2.22. The van der Waals surface area contributed by atoms with Crippen LogP contribution in [-0.2, 0) is 9.53 Å². The Hall–Kier alpha value is -0.610. The molecule has 12 heavy (non-hydrogen) atoms. The summed E-state index contributed by atoms with van der Waals surface area (Å²) in [6.45, 7) is 5.87. The fourth-order valence-electron chi connectivity index (χ4n) is 1.07. The van der Waals surface area contributed by atoms with E-state index >= 15 is 0 Å². The predicted octanol–water partition coefficient (Wildman–Crippen LogP) is -0.486. The average molecular weight is 171 g/mol. The number of piperazine rings is 1. The topological polar surface area (TPSA) is 52.4 Å². The monoisotopic (exact) mass is 171 g/mol. The standard InChI is InChI=1S/C8H15N2O2/c1-6(2)12-8(11)7-5-9-3-4-10-7/h6-7,9H,3-5H2,1-2H3. The van der Waals surface area contributed by atoms with E-state index in [4.69, 9.17) is 4.74 Å². The molecule has 1 aliphatic rings. The Balaban J connectivity index is 2.30. The molecule has 1 rings (SSSR count). The van der Waals surface area contributed by atoms with Crippen LogP contribution in [0.2, 0.25) is 0 Å². The van der Waals surface area contributed by atoms with Gasteiger partial charge in [-0.05, 0) is 13.8 Å². The summed E-state index contributed by atoms with van der Waals surface area (Å²) in [7, 11) is 0. The number of carbonyl (C=O) groups excluding carboxylic acids is 1. The van der Waals surface area contributed by atoms with Gasteiger partial charge in [0, 0.05) is 19.6 Å². The van der Waals surface area contributed by atoms with E-state index in [1.165, 1.54) is 0 Å². The molecule has 4 heteroatoms. The highest BCUT2D eigenvalue weighted by Crippen LogP contribution is 1.97. The van der Waals surface area contributed by atoms with Crippen molar-refractivity contribution in [1.29, 1.82) is 0 Å². The molecule has 1 fully saturated rings. The molecule has 0 aromatic carbocycles. The van der Waals surface area contributed by atoms with Gasteiger partial charge in [-0.15, -0.1) is 0 Å². The van der Waals surface area contributed by atoms with E-state index in [1.54, 1.807) is 0 Å². The minimum absolute atomic E-state index is 0.0466. The lowest BCUT2D eigenvalue weighted by Crippen LogP contribution is -2.49. The second-order valence-electron chi connectivity index (χ2n) is 3.11. The number of ether oxygens (including phenoxy) is 1. The highest BCUT2D eigenvalue weighted by Gasteiger charge is 2.23. The number of hydrogen-bond donors (Lipinski definition) is 1. The molecule has 0 saturated carbocycles. The zero-order valence-corrected chi connectivity index (χ0v) is 7.54. The largest absolute Gasteiger partial charge is 0.462 e. The zero-order chi connectivity index (χ0) is 8.97. The van der Waals surface area contributed by atoms with Gasteiger partial charge in [0.05, 0.1) is 6.10 Å². The Bertz CT molecular complexity index is 153. The van der Waals surface area contributed by atoms with Gasteiger partial charge >= 0.3 is 5.97 Å². The number of nitrogens with one attached hydrogen (secondary N) is 1. The van der Waals surface area contributed by atoms with Gasteiger partial charge in [0.2, 0.25) is 0 Å². The van der Waals surface area contributed by atoms with Gasteiger partial charge in [-0.25, -0.2) is 5.32 Å². The van der Waals surface area contributed by atoms with Crippen molar-refractivity contribution in [3.8, 4) is 0 Å². The van der Waals surface area contributed by atoms with Crippen molar-refractivity contribution in [1.82, 2.24) is 10.6 Å². The summed E-state index contributed by atoms with van der Waals surface area (Å²) in [6.07, 6.45) is -0.0466. The highest BCUT2D eigenvalue weighted by atomic mass is 16.5. The van der Waals surface area contributed by atoms with E-state index in [0.29, 0.717) is 13.1 Å². The third kappa shape index (κ3) is 2.79. The van der Waals surface area contributed by atoms with Gasteiger partial charge < -0.3 is 10.1 Å². The Kier molecular flexibility index (Phi) is 3.49. The van der Waals surface area contributed by atoms with Crippen molar-refractivity contribution in [3.05, 3.63) is 0 Å². The molecule has 1 saturated heterocycles. The number of rotatable bonds is 2. The summed E-state index contributed by atoms with van der Waals surface area (Å²) in [5.74, 6) is -0.211. The van der Waals surface area contributed by atoms with E-state index in [0.717, 1.165) is 6.54 Å². The molecule has 1 heterocycles. The molecule has 4 nitrogen and oxygen atoms in total. The van der Waals surface area contributed by atoms with Gasteiger partial charge in [0.25, 0.3) is 0 Å². The quantitative estimate of drug-likeness (QED) is 0.571. The average Bonchev–Trinajstić information content (AvgIpc) is 2.05. The van der Waals surface area contributed by atoms with Crippen molar-refractivity contribution >= 4 is 5.97 Å². The summed E-state index contributed by atoms with van der Waals surface area (Å²) in [5, 5.41) is 7.24. The van der Waals surface area contributed by atoms with Crippen LogP contribution in [-0.4, -0.2) is 37.7 Å². The van der Waals surface area contributed by atoms with Crippen LogP contribution >= 0.6 is 0 Å². The van der Waals surface area contributed by atoms with Crippen molar-refractivity contribution in [2.45, 2.75) is 26.0 Å². The molecule has 1 N–H and O–H groups in total. The van der Waals surface area contributed by atoms with Crippen molar-refractivity contribution in [2.24, 2.45) is 0 Å². The molecule has 69 valence electrons. The van der Waals surface area contributed by atoms with Crippen molar-refractivity contribution in [2.75, 3.05) is 19.6 Å². The van der Waals surface area contributed by atoms with Crippen LogP contribution in [0.4, 0.5) is 0 Å². The molecular formula is C8H15N2O2. The smallest absolute Gasteiger partial charge is 0.326 e. The van der Waals surface area contributed by atoms with E-state index in [1.807, 2.05) is 13.8 Å². The molecule has 1 atom stereocenters. The first-order chi connectivity index (χ1) is 5.70. The maximum absolute atomic E-state index is 11.3. The first-order valence-electron chi connectivity index (χ1n) is 4.28. The number of nitrogens with zero attached hydrogens (tertiary/aromatic N) is 1. The Labute approximate surface area is 72.7 Å². The van der Waals surface area contributed by atoms with Gasteiger partial charge in [-0.3, -0.25) is 4.79 Å². The summed E-state index contributed by atoms with van der Waals surface area (Å²) in [5.41, 5.74) is 0. The van der Waals surface area contributed by atoms with Crippen molar-refractivity contribution < 1.29 is 9.53 Å². The second-order valence-corrected chi connectivity index (χ2v) is 3.11. The minimum Gasteiger partial charge on any atom is -0.462 e. The SMILES string of the molecule is CC(C)OC(=O)C1CNCC[N]1. The highest BCUT2D eigenvalue weighted by molar-refractivity contribution is 5.76. The molecule has 0 amide bonds. The van der Waals surface area contributed by atoms with Crippen LogP contribution in [0.25, 0.3) is 0 Å². The first-order valence-corrected chi connectivity index (χ1v) is 4.28. The summed E-state index contributed by atoms with van der Waals surface area (Å²) in [4.78, 5) is 11.3. The van der Waals surface area contributed by atoms with Gasteiger partial charge in [0.1, 0.15) is 6.04 Å².